The van der Waals surface area contributed by atoms with Crippen molar-refractivity contribution in [3.05, 3.63) is 0 Å². The zero-order valence-corrected chi connectivity index (χ0v) is 8.80. The Morgan fingerprint density at radius 2 is 1.85 bits per heavy atom. The maximum atomic E-state index is 11.2. The topological polar surface area (TPSA) is 20.3 Å². The molecule has 2 atom stereocenters. The Kier molecular flexibility index (Phi) is 2.82. The van der Waals surface area contributed by atoms with Crippen molar-refractivity contribution in [3.8, 4) is 0 Å². The molecule has 2 fully saturated rings. The lowest BCUT2D eigenvalue weighted by Gasteiger charge is -2.43. The van der Waals surface area contributed by atoms with E-state index in [9.17, 15) is 4.79 Å². The first-order chi connectivity index (χ1) is 6.29. The van der Waals surface area contributed by atoms with Crippen molar-refractivity contribution < 1.29 is 4.79 Å². The van der Waals surface area contributed by atoms with Crippen LogP contribution in [0.15, 0.2) is 0 Å². The van der Waals surface area contributed by atoms with Crippen LogP contribution in [-0.2, 0) is 0 Å². The lowest BCUT2D eigenvalue weighted by molar-refractivity contribution is 0.0970. The molecule has 0 radical (unpaired) electrons. The van der Waals surface area contributed by atoms with E-state index in [2.05, 4.69) is 12.6 Å². The highest BCUT2D eigenvalue weighted by Gasteiger charge is 2.34. The minimum atomic E-state index is -0.0170. The second-order valence-electron chi connectivity index (χ2n) is 4.23. The number of carbonyl (C=O) groups is 1. The van der Waals surface area contributed by atoms with Gasteiger partial charge in [0.05, 0.1) is 0 Å². The van der Waals surface area contributed by atoms with Crippen molar-refractivity contribution in [2.75, 3.05) is 6.54 Å². The van der Waals surface area contributed by atoms with Crippen LogP contribution in [-0.4, -0.2) is 22.7 Å². The molecule has 1 saturated heterocycles. The summed E-state index contributed by atoms with van der Waals surface area (Å²) in [4.78, 5) is 13.2. The van der Waals surface area contributed by atoms with Crippen LogP contribution in [0, 0.1) is 5.92 Å². The van der Waals surface area contributed by atoms with Crippen LogP contribution in [0.3, 0.4) is 0 Å². The van der Waals surface area contributed by atoms with Crippen LogP contribution in [0.4, 0.5) is 4.79 Å². The summed E-state index contributed by atoms with van der Waals surface area (Å²) in [7, 11) is 0. The van der Waals surface area contributed by atoms with Crippen molar-refractivity contribution in [1.82, 2.24) is 4.90 Å². The number of amides is 1. The first-order valence-corrected chi connectivity index (χ1v) is 5.73. The quantitative estimate of drug-likeness (QED) is 0.595. The average Bonchev–Trinajstić information content (AvgIpc) is 2.17. The minimum Gasteiger partial charge on any atom is -0.331 e. The molecule has 13 heavy (non-hydrogen) atoms. The summed E-state index contributed by atoms with van der Waals surface area (Å²) in [6.45, 7) is 0.934. The molecule has 0 aromatic rings. The zero-order chi connectivity index (χ0) is 9.26. The molecular weight excluding hydrogens is 182 g/mol. The van der Waals surface area contributed by atoms with Gasteiger partial charge in [0.25, 0.3) is 5.24 Å². The predicted octanol–water partition coefficient (Wildman–Crippen LogP) is 2.69. The molecule has 2 rings (SSSR count). The van der Waals surface area contributed by atoms with E-state index < -0.39 is 0 Å². The van der Waals surface area contributed by atoms with Gasteiger partial charge in [-0.3, -0.25) is 4.79 Å². The lowest BCUT2D eigenvalue weighted by Crippen LogP contribution is -2.47. The van der Waals surface area contributed by atoms with E-state index in [0.717, 1.165) is 12.5 Å². The summed E-state index contributed by atoms with van der Waals surface area (Å²) in [6.07, 6.45) is 7.67. The standard InChI is InChI=1S/C10H17NOS/c12-10(13)11-7-3-5-8-4-1-2-6-9(8)11/h8-9H,1-7H2,(H,12,13). The molecule has 1 aliphatic carbocycles. The molecule has 1 aliphatic heterocycles. The van der Waals surface area contributed by atoms with Gasteiger partial charge in [-0.15, -0.1) is 0 Å². The Morgan fingerprint density at radius 1 is 1.15 bits per heavy atom. The van der Waals surface area contributed by atoms with Gasteiger partial charge in [-0.05, 0) is 31.6 Å². The second kappa shape index (κ2) is 3.91. The number of nitrogens with zero attached hydrogens (tertiary/aromatic N) is 1. The Hall–Kier alpha value is -0.180. The third kappa shape index (κ3) is 1.85. The molecule has 74 valence electrons. The number of thiol groups is 1. The van der Waals surface area contributed by atoms with E-state index in [1.165, 1.54) is 38.5 Å². The number of piperidine rings is 1. The molecule has 1 saturated carbocycles. The van der Waals surface area contributed by atoms with Gasteiger partial charge in [0.1, 0.15) is 0 Å². The van der Waals surface area contributed by atoms with Crippen molar-refractivity contribution in [3.63, 3.8) is 0 Å². The average molecular weight is 199 g/mol. The van der Waals surface area contributed by atoms with Gasteiger partial charge < -0.3 is 4.90 Å². The summed E-state index contributed by atoms with van der Waals surface area (Å²) in [6, 6.07) is 0.521. The second-order valence-corrected chi connectivity index (χ2v) is 4.61. The monoisotopic (exact) mass is 199 g/mol. The highest BCUT2D eigenvalue weighted by molar-refractivity contribution is 7.96. The molecule has 0 bridgehead atoms. The molecular formula is C10H17NOS. The fraction of sp³-hybridized carbons (Fsp3) is 0.900. The van der Waals surface area contributed by atoms with E-state index in [4.69, 9.17) is 0 Å². The fourth-order valence-electron chi connectivity index (χ4n) is 2.86. The van der Waals surface area contributed by atoms with Gasteiger partial charge in [0, 0.05) is 12.6 Å². The molecule has 0 N–H and O–H groups in total. The largest absolute Gasteiger partial charge is 0.331 e. The molecule has 3 heteroatoms. The first-order valence-electron chi connectivity index (χ1n) is 5.28. The van der Waals surface area contributed by atoms with E-state index in [1.807, 2.05) is 4.90 Å². The van der Waals surface area contributed by atoms with Crippen LogP contribution in [0.1, 0.15) is 38.5 Å². The fourth-order valence-corrected chi connectivity index (χ4v) is 3.11. The highest BCUT2D eigenvalue weighted by atomic mass is 32.1. The zero-order valence-electron chi connectivity index (χ0n) is 7.91. The number of fused-ring (bicyclic) bond motifs is 1. The van der Waals surface area contributed by atoms with Gasteiger partial charge in [0.15, 0.2) is 0 Å². The Balaban J connectivity index is 2.06. The van der Waals surface area contributed by atoms with Crippen LogP contribution in [0.5, 0.6) is 0 Å². The minimum absolute atomic E-state index is 0.0170. The van der Waals surface area contributed by atoms with Gasteiger partial charge in [-0.1, -0.05) is 25.5 Å². The Morgan fingerprint density at radius 3 is 2.62 bits per heavy atom. The van der Waals surface area contributed by atoms with Crippen molar-refractivity contribution in [2.24, 2.45) is 5.92 Å². The number of hydrogen-bond donors (Lipinski definition) is 1. The third-order valence-corrected chi connectivity index (χ3v) is 3.75. The first kappa shape index (κ1) is 9.38. The van der Waals surface area contributed by atoms with Crippen molar-refractivity contribution >= 4 is 17.9 Å². The molecule has 1 heterocycles. The van der Waals surface area contributed by atoms with Crippen LogP contribution < -0.4 is 0 Å². The van der Waals surface area contributed by atoms with Gasteiger partial charge in [-0.25, -0.2) is 0 Å². The van der Waals surface area contributed by atoms with Crippen LogP contribution in [0.25, 0.3) is 0 Å². The summed E-state index contributed by atoms with van der Waals surface area (Å²) in [5.41, 5.74) is 0. The Bertz CT molecular complexity index is 205. The predicted molar refractivity (Wildman–Crippen MR) is 56.1 cm³/mol. The molecule has 1 amide bonds. The molecule has 2 nitrogen and oxygen atoms in total. The van der Waals surface area contributed by atoms with E-state index in [-0.39, 0.29) is 5.24 Å². The normalized spacial score (nSPS) is 34.1. The van der Waals surface area contributed by atoms with E-state index >= 15 is 0 Å². The molecule has 0 spiro atoms. The number of hydrogen-bond acceptors (Lipinski definition) is 1. The third-order valence-electron chi connectivity index (χ3n) is 3.49. The summed E-state index contributed by atoms with van der Waals surface area (Å²) in [5.74, 6) is 0.776. The number of rotatable bonds is 0. The van der Waals surface area contributed by atoms with Crippen molar-refractivity contribution in [1.29, 1.82) is 0 Å². The molecule has 2 unspecified atom stereocenters. The molecule has 2 aliphatic rings. The van der Waals surface area contributed by atoms with Crippen LogP contribution in [0.2, 0.25) is 0 Å². The smallest absolute Gasteiger partial charge is 0.278 e. The lowest BCUT2D eigenvalue weighted by atomic mass is 9.78. The van der Waals surface area contributed by atoms with Crippen molar-refractivity contribution in [2.45, 2.75) is 44.6 Å². The molecule has 0 aromatic heterocycles. The Labute approximate surface area is 85.1 Å². The maximum Gasteiger partial charge on any atom is 0.278 e. The number of likely N-dealkylation sites (tertiary alicyclic amines) is 1. The maximum absolute atomic E-state index is 11.2. The van der Waals surface area contributed by atoms with Gasteiger partial charge >= 0.3 is 0 Å². The number of carbonyl (C=O) groups excluding carboxylic acids is 1. The summed E-state index contributed by atoms with van der Waals surface area (Å²) in [5, 5.41) is -0.0170. The highest BCUT2D eigenvalue weighted by Crippen LogP contribution is 2.35. The van der Waals surface area contributed by atoms with E-state index in [0.29, 0.717) is 6.04 Å². The van der Waals surface area contributed by atoms with Gasteiger partial charge in [0.2, 0.25) is 0 Å². The SMILES string of the molecule is O=C(S)N1CCCC2CCCCC21. The summed E-state index contributed by atoms with van der Waals surface area (Å²) >= 11 is 3.94. The van der Waals surface area contributed by atoms with Gasteiger partial charge in [-0.2, -0.15) is 0 Å². The van der Waals surface area contributed by atoms with E-state index in [1.54, 1.807) is 0 Å². The molecule has 0 aromatic carbocycles. The summed E-state index contributed by atoms with van der Waals surface area (Å²) < 4.78 is 0. The van der Waals surface area contributed by atoms with Crippen LogP contribution >= 0.6 is 12.6 Å².